The van der Waals surface area contributed by atoms with E-state index in [1.54, 1.807) is 7.11 Å². The Labute approximate surface area is 185 Å². The molecule has 0 unspecified atom stereocenters. The third-order valence-electron chi connectivity index (χ3n) is 5.78. The van der Waals surface area contributed by atoms with E-state index in [4.69, 9.17) is 4.74 Å². The number of aromatic amines is 1. The van der Waals surface area contributed by atoms with E-state index < -0.39 is 9.84 Å². The molecule has 0 amide bonds. The average molecular weight is 456 g/mol. The summed E-state index contributed by atoms with van der Waals surface area (Å²) in [6.45, 7) is 4.01. The molecule has 0 saturated heterocycles. The van der Waals surface area contributed by atoms with Crippen LogP contribution >= 0.6 is 11.3 Å². The molecule has 2 heterocycles. The summed E-state index contributed by atoms with van der Waals surface area (Å²) in [6.07, 6.45) is 1.86. The molecule has 4 aromatic rings. The topological polar surface area (TPSA) is 76.2 Å². The van der Waals surface area contributed by atoms with Gasteiger partial charge in [-0.15, -0.1) is 11.3 Å². The Morgan fingerprint density at radius 3 is 2.52 bits per heavy atom. The number of thiophene rings is 1. The number of aromatic nitrogens is 1. The zero-order valence-electron chi connectivity index (χ0n) is 18.0. The highest BCUT2D eigenvalue weighted by molar-refractivity contribution is 7.90. The second kappa shape index (κ2) is 8.13. The number of aryl methyl sites for hydroxylation is 1. The molecule has 0 radical (unpaired) electrons. The highest BCUT2D eigenvalue weighted by atomic mass is 32.2. The first-order valence-electron chi connectivity index (χ1n) is 10.1. The number of fused-ring (bicyclic) bond motifs is 3. The lowest BCUT2D eigenvalue weighted by Crippen LogP contribution is -2.07. The van der Waals surface area contributed by atoms with Crippen molar-refractivity contribution < 1.29 is 13.2 Å². The average Bonchev–Trinajstić information content (AvgIpc) is 3.23. The van der Waals surface area contributed by atoms with Gasteiger partial charge in [0.05, 0.1) is 18.4 Å². The minimum absolute atomic E-state index is 0.0771. The maximum absolute atomic E-state index is 12.5. The Hall–Kier alpha value is -2.64. The number of hydrogen-bond donors (Lipinski definition) is 1. The Kier molecular flexibility index (Phi) is 5.66. The highest BCUT2D eigenvalue weighted by Gasteiger charge is 2.18. The van der Waals surface area contributed by atoms with E-state index in [-0.39, 0.29) is 17.2 Å². The van der Waals surface area contributed by atoms with Crippen molar-refractivity contribution in [2.75, 3.05) is 19.1 Å². The van der Waals surface area contributed by atoms with Crippen molar-refractivity contribution in [2.24, 2.45) is 0 Å². The number of rotatable bonds is 6. The van der Waals surface area contributed by atoms with Crippen molar-refractivity contribution in [3.05, 3.63) is 63.3 Å². The molecule has 31 heavy (non-hydrogen) atoms. The molecular weight excluding hydrogens is 430 g/mol. The van der Waals surface area contributed by atoms with E-state index in [2.05, 4.69) is 4.98 Å². The number of ether oxygens (including phenoxy) is 1. The molecule has 7 heteroatoms. The van der Waals surface area contributed by atoms with Gasteiger partial charge in [0.25, 0.3) is 5.56 Å². The minimum atomic E-state index is -2.98. The van der Waals surface area contributed by atoms with Gasteiger partial charge in [0.15, 0.2) is 0 Å². The van der Waals surface area contributed by atoms with Gasteiger partial charge in [0.1, 0.15) is 20.3 Å². The summed E-state index contributed by atoms with van der Waals surface area (Å²) in [5.41, 5.74) is 4.71. The Balaban J connectivity index is 1.87. The fraction of sp³-hybridized carbons (Fsp3) is 0.292. The summed E-state index contributed by atoms with van der Waals surface area (Å²) >= 11 is 1.43. The minimum Gasteiger partial charge on any atom is -0.496 e. The van der Waals surface area contributed by atoms with Gasteiger partial charge in [-0.25, -0.2) is 8.42 Å². The van der Waals surface area contributed by atoms with Gasteiger partial charge in [-0.2, -0.15) is 0 Å². The molecule has 0 spiro atoms. The van der Waals surface area contributed by atoms with Gasteiger partial charge in [-0.1, -0.05) is 31.2 Å². The second-order valence-corrected chi connectivity index (χ2v) is 11.3. The van der Waals surface area contributed by atoms with E-state index in [1.807, 2.05) is 55.6 Å². The van der Waals surface area contributed by atoms with Crippen LogP contribution in [-0.2, 0) is 9.84 Å². The van der Waals surface area contributed by atoms with Crippen molar-refractivity contribution in [1.82, 2.24) is 4.98 Å². The number of pyridine rings is 1. The maximum atomic E-state index is 12.5. The van der Waals surface area contributed by atoms with Crippen LogP contribution in [0.1, 0.15) is 30.4 Å². The molecule has 0 aliphatic rings. The van der Waals surface area contributed by atoms with Crippen LogP contribution in [0.2, 0.25) is 0 Å². The Bertz CT molecular complexity index is 1430. The number of benzene rings is 2. The van der Waals surface area contributed by atoms with Crippen LogP contribution in [0.15, 0.2) is 46.6 Å². The highest BCUT2D eigenvalue weighted by Crippen LogP contribution is 2.42. The zero-order chi connectivity index (χ0) is 22.3. The lowest BCUT2D eigenvalue weighted by Gasteiger charge is -2.17. The molecule has 0 bridgehead atoms. The Morgan fingerprint density at radius 1 is 1.16 bits per heavy atom. The molecule has 1 atom stereocenters. The van der Waals surface area contributed by atoms with Crippen LogP contribution < -0.4 is 10.3 Å². The van der Waals surface area contributed by atoms with Gasteiger partial charge < -0.3 is 9.72 Å². The van der Waals surface area contributed by atoms with Crippen LogP contribution in [0.25, 0.3) is 32.1 Å². The zero-order valence-corrected chi connectivity index (χ0v) is 19.6. The first-order valence-corrected chi connectivity index (χ1v) is 13.0. The molecule has 1 N–H and O–H groups in total. The van der Waals surface area contributed by atoms with Crippen molar-refractivity contribution in [3.63, 3.8) is 0 Å². The smallest absolute Gasteiger partial charge is 0.266 e. The number of methoxy groups -OCH3 is 1. The third kappa shape index (κ3) is 4.12. The maximum Gasteiger partial charge on any atom is 0.266 e. The largest absolute Gasteiger partial charge is 0.496 e. The van der Waals surface area contributed by atoms with Crippen LogP contribution in [0.4, 0.5) is 0 Å². The van der Waals surface area contributed by atoms with Crippen LogP contribution in [0, 0.1) is 6.92 Å². The first kappa shape index (κ1) is 21.6. The summed E-state index contributed by atoms with van der Waals surface area (Å²) in [5.74, 6) is 1.07. The van der Waals surface area contributed by atoms with E-state index >= 15 is 0 Å². The number of nitrogens with one attached hydrogen (secondary N) is 1. The van der Waals surface area contributed by atoms with E-state index in [0.29, 0.717) is 11.1 Å². The van der Waals surface area contributed by atoms with E-state index in [9.17, 15) is 13.2 Å². The van der Waals surface area contributed by atoms with Crippen LogP contribution in [-0.4, -0.2) is 32.5 Å². The van der Waals surface area contributed by atoms with Gasteiger partial charge >= 0.3 is 0 Å². The molecule has 0 fully saturated rings. The third-order valence-corrected chi connectivity index (χ3v) is 7.67. The number of hydrogen-bond acceptors (Lipinski definition) is 5. The molecule has 2 aromatic heterocycles. The summed E-state index contributed by atoms with van der Waals surface area (Å²) in [4.78, 5) is 15.6. The predicted molar refractivity (Wildman–Crippen MR) is 129 cm³/mol. The summed E-state index contributed by atoms with van der Waals surface area (Å²) in [5, 5.41) is 3.83. The van der Waals surface area contributed by atoms with Gasteiger partial charge in [0, 0.05) is 22.6 Å². The molecule has 4 rings (SSSR count). The van der Waals surface area contributed by atoms with E-state index in [0.717, 1.165) is 44.3 Å². The quantitative estimate of drug-likeness (QED) is 0.430. The second-order valence-electron chi connectivity index (χ2n) is 8.08. The molecule has 2 aromatic carbocycles. The fourth-order valence-electron chi connectivity index (χ4n) is 4.05. The van der Waals surface area contributed by atoms with Gasteiger partial charge in [-0.05, 0) is 53.5 Å². The number of H-pyrrole nitrogens is 1. The van der Waals surface area contributed by atoms with Crippen molar-refractivity contribution >= 4 is 42.2 Å². The number of sulfone groups is 1. The molecule has 162 valence electrons. The van der Waals surface area contributed by atoms with Gasteiger partial charge in [-0.3, -0.25) is 4.79 Å². The molecule has 5 nitrogen and oxygen atoms in total. The predicted octanol–water partition coefficient (Wildman–Crippen LogP) is 5.27. The SMILES string of the molecule is COc1cc(C)c2[nH]c(=O)c3sccc3c2c1-c1ccc([C@@H](C)CCS(C)(=O)=O)cc1. The molecule has 0 aliphatic heterocycles. The summed E-state index contributed by atoms with van der Waals surface area (Å²) in [7, 11) is -1.32. The van der Waals surface area contributed by atoms with Gasteiger partial charge in [0.2, 0.25) is 0 Å². The lowest BCUT2D eigenvalue weighted by atomic mass is 9.92. The monoisotopic (exact) mass is 455 g/mol. The van der Waals surface area contributed by atoms with Crippen LogP contribution in [0.3, 0.4) is 0 Å². The van der Waals surface area contributed by atoms with Crippen LogP contribution in [0.5, 0.6) is 5.75 Å². The molecule has 0 saturated carbocycles. The van der Waals surface area contributed by atoms with E-state index in [1.165, 1.54) is 17.6 Å². The normalized spacial score (nSPS) is 13.0. The van der Waals surface area contributed by atoms with Crippen molar-refractivity contribution in [2.45, 2.75) is 26.2 Å². The van der Waals surface area contributed by atoms with Crippen molar-refractivity contribution in [3.8, 4) is 16.9 Å². The molecular formula is C24H25NO4S2. The standard InChI is InChI=1S/C24H25NO4S2/c1-14(10-12-31(4,27)28)16-5-7-17(8-6-16)20-19(29-3)13-15(2)22-21(20)18-9-11-30-23(18)24(26)25-22/h5-9,11,13-14H,10,12H2,1-4H3,(H,25,26)/t14-/m0/s1. The first-order chi connectivity index (χ1) is 14.7. The fourth-order valence-corrected chi connectivity index (χ4v) is 5.63. The Morgan fingerprint density at radius 2 is 1.87 bits per heavy atom. The van der Waals surface area contributed by atoms with Crippen molar-refractivity contribution in [1.29, 1.82) is 0 Å². The molecule has 0 aliphatic carbocycles. The summed E-state index contributed by atoms with van der Waals surface area (Å²) < 4.78 is 29.4. The lowest BCUT2D eigenvalue weighted by molar-refractivity contribution is 0.416. The summed E-state index contributed by atoms with van der Waals surface area (Å²) in [6, 6.07) is 12.1.